The van der Waals surface area contributed by atoms with Crippen molar-refractivity contribution in [2.24, 2.45) is 0 Å². The van der Waals surface area contributed by atoms with Crippen molar-refractivity contribution in [3.63, 3.8) is 0 Å². The van der Waals surface area contributed by atoms with Gasteiger partial charge in [0, 0.05) is 5.56 Å². The maximum Gasteiger partial charge on any atom is 0.276 e. The van der Waals surface area contributed by atoms with Crippen LogP contribution in [0.5, 0.6) is 5.75 Å². The van der Waals surface area contributed by atoms with Crippen LogP contribution in [-0.2, 0) is 4.79 Å². The van der Waals surface area contributed by atoms with Crippen molar-refractivity contribution in [2.75, 3.05) is 6.61 Å². The summed E-state index contributed by atoms with van der Waals surface area (Å²) < 4.78 is 5.53. The summed E-state index contributed by atoms with van der Waals surface area (Å²) in [4.78, 5) is 24.3. The van der Waals surface area contributed by atoms with Gasteiger partial charge in [0.2, 0.25) is 0 Å². The molecule has 0 aromatic heterocycles. The van der Waals surface area contributed by atoms with Gasteiger partial charge in [0.15, 0.2) is 11.7 Å². The van der Waals surface area contributed by atoms with Gasteiger partial charge in [0.1, 0.15) is 5.75 Å². The lowest BCUT2D eigenvalue weighted by Crippen LogP contribution is -2.49. The summed E-state index contributed by atoms with van der Waals surface area (Å²) >= 11 is 5.07. The molecule has 3 N–H and O–H groups in total. The van der Waals surface area contributed by atoms with Crippen LogP contribution >= 0.6 is 12.2 Å². The number of amides is 2. The maximum absolute atomic E-state index is 12.4. The van der Waals surface area contributed by atoms with Crippen LogP contribution in [0.2, 0.25) is 0 Å². The number of carbonyl (C=O) groups is 2. The molecular weight excluding hydrogens is 410 g/mol. The third kappa shape index (κ3) is 6.13. The van der Waals surface area contributed by atoms with Crippen LogP contribution in [0.4, 0.5) is 0 Å². The number of hydrogen-bond donors (Lipinski definition) is 3. The lowest BCUT2D eigenvalue weighted by atomic mass is 10.0. The largest absolute Gasteiger partial charge is 0.483 e. The molecule has 6 nitrogen and oxygen atoms in total. The average Bonchev–Trinajstić information content (AvgIpc) is 2.79. The van der Waals surface area contributed by atoms with E-state index >= 15 is 0 Å². The SMILES string of the molecule is Cc1cccc(OCC(=O)NNC(=S)NC(=O)c2ccc(-c3ccccc3)cc2)c1C. The lowest BCUT2D eigenvalue weighted by molar-refractivity contribution is -0.123. The second-order valence-corrected chi connectivity index (χ2v) is 7.29. The number of carbonyl (C=O) groups excluding carboxylic acids is 2. The molecule has 0 atom stereocenters. The van der Waals surface area contributed by atoms with Gasteiger partial charge < -0.3 is 4.74 Å². The Labute approximate surface area is 186 Å². The van der Waals surface area contributed by atoms with Crippen LogP contribution in [0.15, 0.2) is 72.8 Å². The predicted octanol–water partition coefficient (Wildman–Crippen LogP) is 3.68. The molecule has 2 amide bonds. The summed E-state index contributed by atoms with van der Waals surface area (Å²) in [5.41, 5.74) is 9.49. The van der Waals surface area contributed by atoms with E-state index in [1.807, 2.05) is 68.4 Å². The number of thiocarbonyl (C=S) groups is 1. The predicted molar refractivity (Wildman–Crippen MR) is 125 cm³/mol. The lowest BCUT2D eigenvalue weighted by Gasteiger charge is -2.13. The number of hydrazine groups is 1. The van der Waals surface area contributed by atoms with Crippen molar-refractivity contribution in [3.8, 4) is 16.9 Å². The Morgan fingerprint density at radius 1 is 0.839 bits per heavy atom. The molecular formula is C24H23N3O3S. The van der Waals surface area contributed by atoms with Crippen molar-refractivity contribution in [2.45, 2.75) is 13.8 Å². The number of rotatable bonds is 5. The number of nitrogens with one attached hydrogen (secondary N) is 3. The Morgan fingerprint density at radius 3 is 2.23 bits per heavy atom. The summed E-state index contributed by atoms with van der Waals surface area (Å²) in [5.74, 6) is -0.160. The van der Waals surface area contributed by atoms with Crippen LogP contribution in [-0.4, -0.2) is 23.5 Å². The Kier molecular flexibility index (Phi) is 7.35. The number of ether oxygens (including phenoxy) is 1. The first-order valence-electron chi connectivity index (χ1n) is 9.68. The molecule has 0 saturated heterocycles. The number of benzene rings is 3. The van der Waals surface area contributed by atoms with Gasteiger partial charge in [0.05, 0.1) is 0 Å². The summed E-state index contributed by atoms with van der Waals surface area (Å²) in [7, 11) is 0. The molecule has 0 radical (unpaired) electrons. The molecule has 0 saturated carbocycles. The van der Waals surface area contributed by atoms with E-state index in [1.165, 1.54) is 0 Å². The van der Waals surface area contributed by atoms with E-state index in [4.69, 9.17) is 17.0 Å². The third-order valence-electron chi connectivity index (χ3n) is 4.71. The highest BCUT2D eigenvalue weighted by Crippen LogP contribution is 2.20. The van der Waals surface area contributed by atoms with Crippen LogP contribution < -0.4 is 20.9 Å². The van der Waals surface area contributed by atoms with Crippen LogP contribution in [0, 0.1) is 13.8 Å². The molecule has 0 bridgehead atoms. The summed E-state index contributed by atoms with van der Waals surface area (Å²) in [6.07, 6.45) is 0. The van der Waals surface area contributed by atoms with Crippen molar-refractivity contribution in [3.05, 3.63) is 89.5 Å². The fourth-order valence-corrected chi connectivity index (χ4v) is 2.98. The first-order chi connectivity index (χ1) is 14.9. The van der Waals surface area contributed by atoms with Gasteiger partial charge in [-0.15, -0.1) is 0 Å². The second kappa shape index (κ2) is 10.4. The Morgan fingerprint density at radius 2 is 1.52 bits per heavy atom. The quantitative estimate of drug-likeness (QED) is 0.423. The van der Waals surface area contributed by atoms with Crippen molar-refractivity contribution < 1.29 is 14.3 Å². The summed E-state index contributed by atoms with van der Waals surface area (Å²) in [6.45, 7) is 3.72. The fourth-order valence-electron chi connectivity index (χ4n) is 2.84. The van der Waals surface area contributed by atoms with E-state index in [0.29, 0.717) is 11.3 Å². The van der Waals surface area contributed by atoms with Crippen LogP contribution in [0.25, 0.3) is 11.1 Å². The van der Waals surface area contributed by atoms with Crippen LogP contribution in [0.1, 0.15) is 21.5 Å². The maximum atomic E-state index is 12.4. The van der Waals surface area contributed by atoms with Crippen molar-refractivity contribution >= 4 is 29.1 Å². The molecule has 7 heteroatoms. The van der Waals surface area contributed by atoms with Gasteiger partial charge in [-0.2, -0.15) is 0 Å². The molecule has 0 aliphatic carbocycles. The molecule has 3 rings (SSSR count). The van der Waals surface area contributed by atoms with Gasteiger partial charge in [-0.1, -0.05) is 54.6 Å². The van der Waals surface area contributed by atoms with Gasteiger partial charge in [-0.05, 0) is 66.5 Å². The van der Waals surface area contributed by atoms with Gasteiger partial charge in [0.25, 0.3) is 11.8 Å². The minimum Gasteiger partial charge on any atom is -0.483 e. The van der Waals surface area contributed by atoms with E-state index in [9.17, 15) is 9.59 Å². The minimum atomic E-state index is -0.426. The molecule has 0 spiro atoms. The van der Waals surface area contributed by atoms with Crippen molar-refractivity contribution in [1.82, 2.24) is 16.2 Å². The van der Waals surface area contributed by atoms with E-state index < -0.39 is 5.91 Å². The number of hydrogen-bond acceptors (Lipinski definition) is 4. The zero-order valence-corrected chi connectivity index (χ0v) is 18.1. The normalized spacial score (nSPS) is 10.1. The Balaban J connectivity index is 1.45. The molecule has 158 valence electrons. The Hall–Kier alpha value is -3.71. The molecule has 3 aromatic rings. The van der Waals surface area contributed by atoms with E-state index in [-0.39, 0.29) is 17.6 Å². The zero-order valence-electron chi connectivity index (χ0n) is 17.3. The van der Waals surface area contributed by atoms with E-state index in [0.717, 1.165) is 22.3 Å². The molecule has 0 heterocycles. The molecule has 3 aromatic carbocycles. The first-order valence-corrected chi connectivity index (χ1v) is 10.1. The molecule has 31 heavy (non-hydrogen) atoms. The zero-order chi connectivity index (χ0) is 22.2. The standard InChI is InChI=1S/C24H23N3O3S/c1-16-7-6-10-21(17(16)2)30-15-22(28)26-27-24(31)25-23(29)20-13-11-19(12-14-20)18-8-4-3-5-9-18/h3-14H,15H2,1-2H3,(H,26,28)(H2,25,27,29,31). The highest BCUT2D eigenvalue weighted by Gasteiger charge is 2.10. The summed E-state index contributed by atoms with van der Waals surface area (Å²) in [5, 5.41) is 2.51. The topological polar surface area (TPSA) is 79.5 Å². The highest BCUT2D eigenvalue weighted by atomic mass is 32.1. The number of aryl methyl sites for hydroxylation is 1. The first kappa shape index (κ1) is 22.0. The second-order valence-electron chi connectivity index (χ2n) is 6.89. The van der Waals surface area contributed by atoms with Gasteiger partial charge >= 0.3 is 0 Å². The Bertz CT molecular complexity index is 1080. The molecule has 0 aliphatic heterocycles. The third-order valence-corrected chi connectivity index (χ3v) is 4.91. The van der Waals surface area contributed by atoms with Gasteiger partial charge in [-0.25, -0.2) is 0 Å². The minimum absolute atomic E-state index is 0.0165. The van der Waals surface area contributed by atoms with E-state index in [1.54, 1.807) is 18.2 Å². The van der Waals surface area contributed by atoms with Crippen LogP contribution in [0.3, 0.4) is 0 Å². The smallest absolute Gasteiger partial charge is 0.276 e. The average molecular weight is 434 g/mol. The monoisotopic (exact) mass is 433 g/mol. The highest BCUT2D eigenvalue weighted by molar-refractivity contribution is 7.80. The van der Waals surface area contributed by atoms with E-state index in [2.05, 4.69) is 16.2 Å². The summed E-state index contributed by atoms with van der Waals surface area (Å²) in [6, 6.07) is 22.7. The molecule has 0 fully saturated rings. The van der Waals surface area contributed by atoms with Gasteiger partial charge in [-0.3, -0.25) is 25.8 Å². The fraction of sp³-hybridized carbons (Fsp3) is 0.125. The molecule has 0 unspecified atom stereocenters. The molecule has 0 aliphatic rings. The van der Waals surface area contributed by atoms with Crippen molar-refractivity contribution in [1.29, 1.82) is 0 Å².